The zero-order valence-corrected chi connectivity index (χ0v) is 17.5. The maximum absolute atomic E-state index is 12.8. The normalized spacial score (nSPS) is 19.3. The monoisotopic (exact) mass is 432 g/mol. The number of carbonyl (C=O) groups excluding carboxylic acids is 1. The lowest BCUT2D eigenvalue weighted by atomic mass is 10.2. The molecule has 2 aliphatic rings. The van der Waals surface area contributed by atoms with Crippen molar-refractivity contribution in [2.75, 3.05) is 38.6 Å². The summed E-state index contributed by atoms with van der Waals surface area (Å²) in [5.74, 6) is 0.505. The van der Waals surface area contributed by atoms with Crippen molar-refractivity contribution in [2.45, 2.75) is 35.8 Å². The molecule has 0 bridgehead atoms. The standard InChI is InChI=1S/C18H25ClN2O4S2/c19-17-6-5-15(27(23,24)21-8-10-25-11-9-21)13-16(17)18(22)20-7-12-26-14-3-1-2-4-14/h5-6,13-14H,1-4,7-12H2,(H,20,22). The summed E-state index contributed by atoms with van der Waals surface area (Å²) in [4.78, 5) is 12.6. The molecule has 3 rings (SSSR count). The third-order valence-corrected chi connectivity index (χ3v) is 8.44. The fourth-order valence-electron chi connectivity index (χ4n) is 3.32. The highest BCUT2D eigenvalue weighted by Gasteiger charge is 2.27. The number of nitrogens with one attached hydrogen (secondary N) is 1. The number of sulfonamides is 1. The topological polar surface area (TPSA) is 75.7 Å². The molecule has 0 aromatic heterocycles. The minimum absolute atomic E-state index is 0.0827. The van der Waals surface area contributed by atoms with Crippen molar-refractivity contribution in [1.29, 1.82) is 0 Å². The molecule has 1 saturated carbocycles. The van der Waals surface area contributed by atoms with Gasteiger partial charge in [0.15, 0.2) is 0 Å². The van der Waals surface area contributed by atoms with Crippen LogP contribution in [0.4, 0.5) is 0 Å². The van der Waals surface area contributed by atoms with Crippen LogP contribution in [0.2, 0.25) is 5.02 Å². The van der Waals surface area contributed by atoms with E-state index in [0.29, 0.717) is 38.1 Å². The minimum Gasteiger partial charge on any atom is -0.379 e. The summed E-state index contributed by atoms with van der Waals surface area (Å²) in [5, 5.41) is 3.80. The van der Waals surface area contributed by atoms with E-state index < -0.39 is 10.0 Å². The molecule has 1 aromatic carbocycles. The summed E-state index contributed by atoms with van der Waals surface area (Å²) >= 11 is 8.04. The number of morpholine rings is 1. The Hall–Kier alpha value is -0.800. The van der Waals surface area contributed by atoms with E-state index >= 15 is 0 Å². The highest BCUT2D eigenvalue weighted by molar-refractivity contribution is 7.99. The Morgan fingerprint density at radius 3 is 2.67 bits per heavy atom. The molecule has 0 radical (unpaired) electrons. The summed E-state index contributed by atoms with van der Waals surface area (Å²) in [7, 11) is -3.66. The van der Waals surface area contributed by atoms with Gasteiger partial charge in [0.25, 0.3) is 5.91 Å². The van der Waals surface area contributed by atoms with Gasteiger partial charge in [-0.3, -0.25) is 4.79 Å². The quantitative estimate of drug-likeness (QED) is 0.670. The van der Waals surface area contributed by atoms with Crippen LogP contribution in [-0.2, 0) is 14.8 Å². The number of rotatable bonds is 7. The van der Waals surface area contributed by atoms with Gasteiger partial charge in [-0.05, 0) is 31.0 Å². The Bertz CT molecular complexity index is 761. The Balaban J connectivity index is 1.62. The molecule has 6 nitrogen and oxygen atoms in total. The first kappa shape index (κ1) is 20.9. The predicted molar refractivity (Wildman–Crippen MR) is 108 cm³/mol. The number of halogens is 1. The molecule has 9 heteroatoms. The molecule has 1 aromatic rings. The molecule has 1 N–H and O–H groups in total. The molecule has 0 atom stereocenters. The predicted octanol–water partition coefficient (Wildman–Crippen LogP) is 2.77. The van der Waals surface area contributed by atoms with E-state index in [-0.39, 0.29) is 21.4 Å². The smallest absolute Gasteiger partial charge is 0.252 e. The Labute approximate surface area is 170 Å². The van der Waals surface area contributed by atoms with E-state index in [1.165, 1.54) is 48.2 Å². The van der Waals surface area contributed by atoms with Gasteiger partial charge in [-0.25, -0.2) is 8.42 Å². The molecule has 0 spiro atoms. The molecular formula is C18H25ClN2O4S2. The number of benzene rings is 1. The SMILES string of the molecule is O=C(NCCSC1CCCC1)c1cc(S(=O)(=O)N2CCOCC2)ccc1Cl. The molecule has 150 valence electrons. The Morgan fingerprint density at radius 2 is 1.96 bits per heavy atom. The molecule has 0 unspecified atom stereocenters. The fraction of sp³-hybridized carbons (Fsp3) is 0.611. The van der Waals surface area contributed by atoms with E-state index in [1.54, 1.807) is 0 Å². The zero-order chi connectivity index (χ0) is 19.3. The molecule has 1 heterocycles. The summed E-state index contributed by atoms with van der Waals surface area (Å²) in [6.07, 6.45) is 5.10. The molecule has 27 heavy (non-hydrogen) atoms. The van der Waals surface area contributed by atoms with Crippen molar-refractivity contribution in [3.63, 3.8) is 0 Å². The average Bonchev–Trinajstić information content (AvgIpc) is 3.19. The van der Waals surface area contributed by atoms with E-state index in [1.807, 2.05) is 11.8 Å². The van der Waals surface area contributed by atoms with Crippen molar-refractivity contribution >= 4 is 39.3 Å². The number of amides is 1. The van der Waals surface area contributed by atoms with Crippen LogP contribution < -0.4 is 5.32 Å². The van der Waals surface area contributed by atoms with Gasteiger partial charge < -0.3 is 10.1 Å². The van der Waals surface area contributed by atoms with Crippen LogP contribution in [0.25, 0.3) is 0 Å². The van der Waals surface area contributed by atoms with E-state index in [4.69, 9.17) is 16.3 Å². The largest absolute Gasteiger partial charge is 0.379 e. The lowest BCUT2D eigenvalue weighted by Gasteiger charge is -2.26. The van der Waals surface area contributed by atoms with E-state index in [0.717, 1.165) is 5.75 Å². The summed E-state index contributed by atoms with van der Waals surface area (Å²) in [6, 6.07) is 4.28. The van der Waals surface area contributed by atoms with Gasteiger partial charge in [-0.1, -0.05) is 24.4 Å². The van der Waals surface area contributed by atoms with Gasteiger partial charge in [0.05, 0.1) is 28.7 Å². The van der Waals surface area contributed by atoms with Crippen LogP contribution in [0.5, 0.6) is 0 Å². The molecular weight excluding hydrogens is 408 g/mol. The van der Waals surface area contributed by atoms with Crippen LogP contribution >= 0.6 is 23.4 Å². The first-order valence-corrected chi connectivity index (χ1v) is 12.1. The van der Waals surface area contributed by atoms with Gasteiger partial charge in [0.1, 0.15) is 0 Å². The first-order valence-electron chi connectivity index (χ1n) is 9.26. The van der Waals surface area contributed by atoms with Crippen molar-refractivity contribution in [3.8, 4) is 0 Å². The molecule has 2 fully saturated rings. The summed E-state index contributed by atoms with van der Waals surface area (Å²) in [5.41, 5.74) is 0.192. The third-order valence-electron chi connectivity index (χ3n) is 4.83. The number of nitrogens with zero attached hydrogens (tertiary/aromatic N) is 1. The molecule has 1 aliphatic carbocycles. The van der Waals surface area contributed by atoms with Crippen LogP contribution in [0.3, 0.4) is 0 Å². The van der Waals surface area contributed by atoms with Crippen LogP contribution in [0.15, 0.2) is 23.1 Å². The highest BCUT2D eigenvalue weighted by Crippen LogP contribution is 2.29. The van der Waals surface area contributed by atoms with Crippen LogP contribution in [0, 0.1) is 0 Å². The maximum atomic E-state index is 12.8. The maximum Gasteiger partial charge on any atom is 0.252 e. The second kappa shape index (κ2) is 9.60. The number of thioether (sulfide) groups is 1. The third kappa shape index (κ3) is 5.38. The second-order valence-electron chi connectivity index (χ2n) is 6.69. The van der Waals surface area contributed by atoms with E-state index in [9.17, 15) is 13.2 Å². The average molecular weight is 433 g/mol. The number of hydrogen-bond acceptors (Lipinski definition) is 5. The second-order valence-corrected chi connectivity index (χ2v) is 10.4. The van der Waals surface area contributed by atoms with Crippen molar-refractivity contribution in [3.05, 3.63) is 28.8 Å². The highest BCUT2D eigenvalue weighted by atomic mass is 35.5. The van der Waals surface area contributed by atoms with Gasteiger partial charge in [-0.2, -0.15) is 16.1 Å². The van der Waals surface area contributed by atoms with Gasteiger partial charge in [0, 0.05) is 30.6 Å². The fourth-order valence-corrected chi connectivity index (χ4v) is 6.17. The lowest BCUT2D eigenvalue weighted by molar-refractivity contribution is 0.0730. The summed E-state index contributed by atoms with van der Waals surface area (Å²) in [6.45, 7) is 1.91. The number of ether oxygens (including phenoxy) is 1. The van der Waals surface area contributed by atoms with Gasteiger partial charge >= 0.3 is 0 Å². The van der Waals surface area contributed by atoms with Crippen molar-refractivity contribution in [1.82, 2.24) is 9.62 Å². The first-order chi connectivity index (χ1) is 13.0. The number of hydrogen-bond donors (Lipinski definition) is 1. The zero-order valence-electron chi connectivity index (χ0n) is 15.2. The van der Waals surface area contributed by atoms with Crippen molar-refractivity contribution in [2.24, 2.45) is 0 Å². The minimum atomic E-state index is -3.66. The lowest BCUT2D eigenvalue weighted by Crippen LogP contribution is -2.40. The van der Waals surface area contributed by atoms with Crippen LogP contribution in [0.1, 0.15) is 36.0 Å². The van der Waals surface area contributed by atoms with Crippen LogP contribution in [-0.4, -0.2) is 62.5 Å². The number of carbonyl (C=O) groups is 1. The van der Waals surface area contributed by atoms with Gasteiger partial charge in [-0.15, -0.1) is 0 Å². The Morgan fingerprint density at radius 1 is 1.26 bits per heavy atom. The molecule has 1 aliphatic heterocycles. The van der Waals surface area contributed by atoms with E-state index in [2.05, 4.69) is 5.32 Å². The van der Waals surface area contributed by atoms with Gasteiger partial charge in [0.2, 0.25) is 10.0 Å². The van der Waals surface area contributed by atoms with Crippen molar-refractivity contribution < 1.29 is 17.9 Å². The summed E-state index contributed by atoms with van der Waals surface area (Å²) < 4.78 is 32.1. The molecule has 1 amide bonds. The molecule has 1 saturated heterocycles. The Kier molecular flexibility index (Phi) is 7.44.